The normalized spacial score (nSPS) is 10.7. The van der Waals surface area contributed by atoms with E-state index in [-0.39, 0.29) is 5.91 Å². The predicted molar refractivity (Wildman–Crippen MR) is 102 cm³/mol. The molecular weight excluding hydrogens is 342 g/mol. The molecule has 8 heteroatoms. The zero-order valence-corrected chi connectivity index (χ0v) is 14.9. The third kappa shape index (κ3) is 3.45. The molecule has 0 aliphatic heterocycles. The highest BCUT2D eigenvalue weighted by Gasteiger charge is 2.18. The largest absolute Gasteiger partial charge is 0.340 e. The van der Waals surface area contributed by atoms with Gasteiger partial charge in [-0.15, -0.1) is 0 Å². The third-order valence-corrected chi connectivity index (χ3v) is 3.98. The number of amides is 1. The van der Waals surface area contributed by atoms with Gasteiger partial charge in [-0.05, 0) is 36.4 Å². The Morgan fingerprint density at radius 3 is 2.67 bits per heavy atom. The van der Waals surface area contributed by atoms with Crippen LogP contribution in [0.1, 0.15) is 12.7 Å². The minimum atomic E-state index is -0.103. The Morgan fingerprint density at radius 2 is 1.89 bits per heavy atom. The van der Waals surface area contributed by atoms with Crippen LogP contribution in [-0.2, 0) is 4.79 Å². The summed E-state index contributed by atoms with van der Waals surface area (Å²) in [6, 6.07) is 11.3. The fraction of sp³-hybridized carbons (Fsp3) is 0.105. The van der Waals surface area contributed by atoms with Crippen LogP contribution in [0.4, 0.5) is 17.2 Å². The summed E-state index contributed by atoms with van der Waals surface area (Å²) in [5.74, 6) is 1.25. The molecule has 4 aromatic rings. The molecule has 0 atom stereocenters. The van der Waals surface area contributed by atoms with Gasteiger partial charge in [0.2, 0.25) is 11.7 Å². The first kappa shape index (κ1) is 16.6. The average Bonchev–Trinajstić information content (AvgIpc) is 3.11. The monoisotopic (exact) mass is 360 g/mol. The molecular formula is C19H18N7O+. The van der Waals surface area contributed by atoms with Crippen LogP contribution in [-0.4, -0.2) is 25.8 Å². The van der Waals surface area contributed by atoms with E-state index in [0.717, 1.165) is 33.8 Å². The number of rotatable bonds is 4. The van der Waals surface area contributed by atoms with Crippen LogP contribution in [0.25, 0.3) is 22.4 Å². The molecule has 134 valence electrons. The van der Waals surface area contributed by atoms with Crippen molar-refractivity contribution in [3.63, 3.8) is 0 Å². The second kappa shape index (κ2) is 6.83. The molecule has 8 nitrogen and oxygen atoms in total. The Balaban J connectivity index is 1.71. The number of hydrogen-bond acceptors (Lipinski definition) is 5. The second-order valence-corrected chi connectivity index (χ2v) is 6.06. The highest BCUT2D eigenvalue weighted by molar-refractivity contribution is 5.91. The minimum absolute atomic E-state index is 0.103. The van der Waals surface area contributed by atoms with Crippen molar-refractivity contribution in [1.29, 1.82) is 0 Å². The van der Waals surface area contributed by atoms with E-state index in [9.17, 15) is 4.79 Å². The molecule has 0 aliphatic rings. The zero-order chi connectivity index (χ0) is 18.8. The van der Waals surface area contributed by atoms with E-state index in [2.05, 4.69) is 35.6 Å². The van der Waals surface area contributed by atoms with Gasteiger partial charge in [0.25, 0.3) is 0 Å². The maximum atomic E-state index is 11.1. The molecule has 27 heavy (non-hydrogen) atoms. The summed E-state index contributed by atoms with van der Waals surface area (Å²) < 4.78 is 0. The topological polar surface area (TPSA) is 110 Å². The maximum absolute atomic E-state index is 11.1. The molecule has 0 unspecified atom stereocenters. The SMILES string of the molecule is CC(=O)Nc1ccc(Nc2ncccc2-c2nc(C)nc3[nH+]c[nH]c23)cc1. The molecule has 0 bridgehead atoms. The van der Waals surface area contributed by atoms with Gasteiger partial charge in [-0.3, -0.25) is 9.78 Å². The molecule has 3 heterocycles. The number of fused-ring (bicyclic) bond motifs is 1. The summed E-state index contributed by atoms with van der Waals surface area (Å²) in [4.78, 5) is 30.9. The number of nitrogens with zero attached hydrogens (tertiary/aromatic N) is 3. The van der Waals surface area contributed by atoms with Gasteiger partial charge in [0.1, 0.15) is 11.5 Å². The number of carbonyl (C=O) groups excluding carboxylic acids is 1. The van der Waals surface area contributed by atoms with Gasteiger partial charge in [0.15, 0.2) is 11.8 Å². The van der Waals surface area contributed by atoms with Gasteiger partial charge in [-0.2, -0.15) is 0 Å². The number of aryl methyl sites for hydroxylation is 1. The molecule has 1 aromatic carbocycles. The third-order valence-electron chi connectivity index (χ3n) is 3.98. The van der Waals surface area contributed by atoms with Crippen molar-refractivity contribution in [1.82, 2.24) is 19.9 Å². The van der Waals surface area contributed by atoms with Crippen LogP contribution in [0.3, 0.4) is 0 Å². The summed E-state index contributed by atoms with van der Waals surface area (Å²) >= 11 is 0. The number of aromatic nitrogens is 5. The van der Waals surface area contributed by atoms with E-state index in [1.807, 2.05) is 43.3 Å². The van der Waals surface area contributed by atoms with Crippen LogP contribution in [0.5, 0.6) is 0 Å². The highest BCUT2D eigenvalue weighted by atomic mass is 16.1. The van der Waals surface area contributed by atoms with Crippen LogP contribution in [0.2, 0.25) is 0 Å². The molecule has 0 fully saturated rings. The minimum Gasteiger partial charge on any atom is -0.340 e. The maximum Gasteiger partial charge on any atom is 0.303 e. The van der Waals surface area contributed by atoms with E-state index >= 15 is 0 Å². The molecule has 0 radical (unpaired) electrons. The van der Waals surface area contributed by atoms with Crippen molar-refractivity contribution in [2.24, 2.45) is 0 Å². The second-order valence-electron chi connectivity index (χ2n) is 6.06. The first-order valence-corrected chi connectivity index (χ1v) is 8.43. The van der Waals surface area contributed by atoms with Crippen LogP contribution >= 0.6 is 0 Å². The van der Waals surface area contributed by atoms with Gasteiger partial charge in [0.05, 0.1) is 0 Å². The number of benzene rings is 1. The van der Waals surface area contributed by atoms with E-state index in [1.165, 1.54) is 6.92 Å². The smallest absolute Gasteiger partial charge is 0.303 e. The predicted octanol–water partition coefficient (Wildman–Crippen LogP) is 2.84. The lowest BCUT2D eigenvalue weighted by Crippen LogP contribution is -2.05. The number of pyridine rings is 1. The van der Waals surface area contributed by atoms with Crippen LogP contribution in [0.15, 0.2) is 48.9 Å². The van der Waals surface area contributed by atoms with Crippen molar-refractivity contribution in [3.05, 3.63) is 54.7 Å². The summed E-state index contributed by atoms with van der Waals surface area (Å²) in [6.45, 7) is 3.34. The van der Waals surface area contributed by atoms with Crippen LogP contribution < -0.4 is 15.6 Å². The Hall–Kier alpha value is -3.81. The van der Waals surface area contributed by atoms with Gasteiger partial charge < -0.3 is 10.6 Å². The number of H-pyrrole nitrogens is 2. The van der Waals surface area contributed by atoms with Crippen molar-refractivity contribution in [3.8, 4) is 11.3 Å². The molecule has 0 saturated heterocycles. The number of hydrogen-bond donors (Lipinski definition) is 3. The molecule has 0 spiro atoms. The molecule has 3 aromatic heterocycles. The van der Waals surface area contributed by atoms with Gasteiger partial charge >= 0.3 is 5.65 Å². The number of imidazole rings is 1. The summed E-state index contributed by atoms with van der Waals surface area (Å²) in [7, 11) is 0. The number of aromatic amines is 2. The molecule has 4 N–H and O–H groups in total. The number of anilines is 3. The molecule has 4 rings (SSSR count). The number of nitrogens with one attached hydrogen (secondary N) is 4. The molecule has 0 aliphatic carbocycles. The Bertz CT molecular complexity index is 1120. The standard InChI is InChI=1S/C19H17N7O/c1-11-23-16(17-19(24-11)22-10-21-17)15-4-3-9-20-18(15)26-14-7-5-13(6-8-14)25-12(2)27/h3-10H,1-2H3,(H,20,26)(H,25,27)(H,21,22,23,24)/p+1. The Labute approximate surface area is 155 Å². The van der Waals surface area contributed by atoms with Gasteiger partial charge in [-0.25, -0.2) is 15.0 Å². The fourth-order valence-electron chi connectivity index (χ4n) is 2.86. The molecule has 1 amide bonds. The van der Waals surface area contributed by atoms with Crippen LogP contribution in [0, 0.1) is 6.92 Å². The Kier molecular flexibility index (Phi) is 4.21. The summed E-state index contributed by atoms with van der Waals surface area (Å²) in [6.07, 6.45) is 3.45. The molecule has 0 saturated carbocycles. The highest BCUT2D eigenvalue weighted by Crippen LogP contribution is 2.30. The summed E-state index contributed by atoms with van der Waals surface area (Å²) in [5.41, 5.74) is 4.78. The van der Waals surface area contributed by atoms with Crippen molar-refractivity contribution < 1.29 is 9.78 Å². The Morgan fingerprint density at radius 1 is 1.11 bits per heavy atom. The van der Waals surface area contributed by atoms with Crippen molar-refractivity contribution in [2.45, 2.75) is 13.8 Å². The lowest BCUT2D eigenvalue weighted by molar-refractivity contribution is -0.347. The van der Waals surface area contributed by atoms with E-state index < -0.39 is 0 Å². The zero-order valence-electron chi connectivity index (χ0n) is 14.9. The van der Waals surface area contributed by atoms with E-state index in [4.69, 9.17) is 0 Å². The summed E-state index contributed by atoms with van der Waals surface area (Å²) in [5, 5.41) is 6.07. The lowest BCUT2D eigenvalue weighted by Gasteiger charge is -2.11. The van der Waals surface area contributed by atoms with E-state index in [0.29, 0.717) is 11.6 Å². The lowest BCUT2D eigenvalue weighted by atomic mass is 10.1. The quantitative estimate of drug-likeness (QED) is 0.518. The fourth-order valence-corrected chi connectivity index (χ4v) is 2.86. The first-order valence-electron chi connectivity index (χ1n) is 8.43. The van der Waals surface area contributed by atoms with E-state index in [1.54, 1.807) is 12.5 Å². The van der Waals surface area contributed by atoms with Crippen molar-refractivity contribution >= 4 is 34.3 Å². The van der Waals surface area contributed by atoms with Gasteiger partial charge in [0, 0.05) is 37.0 Å². The first-order chi connectivity index (χ1) is 13.1. The average molecular weight is 360 g/mol. The van der Waals surface area contributed by atoms with Gasteiger partial charge in [-0.1, -0.05) is 4.98 Å². The van der Waals surface area contributed by atoms with Crippen molar-refractivity contribution in [2.75, 3.05) is 10.6 Å². The number of carbonyl (C=O) groups is 1.